The van der Waals surface area contributed by atoms with Gasteiger partial charge in [0.1, 0.15) is 0 Å². The van der Waals surface area contributed by atoms with Crippen LogP contribution in [0.5, 0.6) is 0 Å². The summed E-state index contributed by atoms with van der Waals surface area (Å²) in [7, 11) is 1.98. The monoisotopic (exact) mass is 313 g/mol. The number of thiophene rings is 1. The predicted octanol–water partition coefficient (Wildman–Crippen LogP) is 3.14. The molecule has 2 aromatic rings. The Bertz CT molecular complexity index is 478. The van der Waals surface area contributed by atoms with E-state index in [2.05, 4.69) is 50.8 Å². The van der Waals surface area contributed by atoms with Gasteiger partial charge < -0.3 is 5.32 Å². The molecular formula is C12H16BrN3S. The summed E-state index contributed by atoms with van der Waals surface area (Å²) in [4.78, 5) is 1.36. The molecule has 0 aliphatic heterocycles. The van der Waals surface area contributed by atoms with Crippen LogP contribution in [0, 0.1) is 0 Å². The standard InChI is InChI=1S/C12H16BrN3S/c1-9(12-11(13)5-8-17-12)14-6-3-10-4-7-15-16(10)2/h4-5,7-9,14H,3,6H2,1-2H3. The lowest BCUT2D eigenvalue weighted by atomic mass is 10.2. The molecule has 2 aromatic heterocycles. The molecule has 1 N–H and O–H groups in total. The third-order valence-corrected chi connectivity index (χ3v) is 4.85. The van der Waals surface area contributed by atoms with E-state index < -0.39 is 0 Å². The minimum atomic E-state index is 0.387. The highest BCUT2D eigenvalue weighted by Crippen LogP contribution is 2.28. The Morgan fingerprint density at radius 2 is 2.35 bits per heavy atom. The van der Waals surface area contributed by atoms with Crippen LogP contribution < -0.4 is 5.32 Å². The Kier molecular flexibility index (Phi) is 4.36. The summed E-state index contributed by atoms with van der Waals surface area (Å²) < 4.78 is 3.12. The predicted molar refractivity (Wildman–Crippen MR) is 75.3 cm³/mol. The molecule has 0 aromatic carbocycles. The van der Waals surface area contributed by atoms with Crippen molar-refractivity contribution in [2.24, 2.45) is 7.05 Å². The highest BCUT2D eigenvalue weighted by Gasteiger charge is 2.10. The van der Waals surface area contributed by atoms with E-state index in [9.17, 15) is 0 Å². The number of nitrogens with zero attached hydrogens (tertiary/aromatic N) is 2. The van der Waals surface area contributed by atoms with Gasteiger partial charge in [-0.25, -0.2) is 0 Å². The summed E-state index contributed by atoms with van der Waals surface area (Å²) in [5, 5.41) is 9.80. The second-order valence-electron chi connectivity index (χ2n) is 4.00. The van der Waals surface area contributed by atoms with Crippen LogP contribution in [0.25, 0.3) is 0 Å². The zero-order valence-electron chi connectivity index (χ0n) is 9.98. The summed E-state index contributed by atoms with van der Waals surface area (Å²) >= 11 is 5.35. The second kappa shape index (κ2) is 5.80. The van der Waals surface area contributed by atoms with E-state index in [0.29, 0.717) is 6.04 Å². The molecule has 0 aliphatic carbocycles. The van der Waals surface area contributed by atoms with Crippen molar-refractivity contribution in [1.82, 2.24) is 15.1 Å². The first-order valence-corrected chi connectivity index (χ1v) is 7.29. The number of hydrogen-bond donors (Lipinski definition) is 1. The van der Waals surface area contributed by atoms with E-state index in [-0.39, 0.29) is 0 Å². The van der Waals surface area contributed by atoms with Crippen LogP contribution in [0.1, 0.15) is 23.5 Å². The molecule has 1 unspecified atom stereocenters. The van der Waals surface area contributed by atoms with Crippen LogP contribution in [-0.2, 0) is 13.5 Å². The van der Waals surface area contributed by atoms with Gasteiger partial charge in [-0.05, 0) is 40.4 Å². The number of halogens is 1. The van der Waals surface area contributed by atoms with Gasteiger partial charge in [-0.3, -0.25) is 4.68 Å². The molecule has 2 rings (SSSR count). The fraction of sp³-hybridized carbons (Fsp3) is 0.417. The Balaban J connectivity index is 1.83. The second-order valence-corrected chi connectivity index (χ2v) is 5.81. The average Bonchev–Trinajstić information content (AvgIpc) is 2.88. The van der Waals surface area contributed by atoms with Crippen molar-refractivity contribution in [2.45, 2.75) is 19.4 Å². The molecule has 0 aliphatic rings. The maximum Gasteiger partial charge on any atom is 0.0492 e. The lowest BCUT2D eigenvalue weighted by Crippen LogP contribution is -2.21. The molecule has 17 heavy (non-hydrogen) atoms. The van der Waals surface area contributed by atoms with Crippen molar-refractivity contribution >= 4 is 27.3 Å². The summed E-state index contributed by atoms with van der Waals surface area (Å²) in [5.41, 5.74) is 1.26. The highest BCUT2D eigenvalue weighted by atomic mass is 79.9. The van der Waals surface area contributed by atoms with Crippen LogP contribution in [0.15, 0.2) is 28.2 Å². The molecular weight excluding hydrogens is 298 g/mol. The van der Waals surface area contributed by atoms with Gasteiger partial charge in [-0.1, -0.05) is 0 Å². The molecule has 0 fully saturated rings. The van der Waals surface area contributed by atoms with Crippen LogP contribution in [0.2, 0.25) is 0 Å². The number of rotatable bonds is 5. The molecule has 2 heterocycles. The molecule has 0 saturated carbocycles. The minimum absolute atomic E-state index is 0.387. The molecule has 0 amide bonds. The van der Waals surface area contributed by atoms with Crippen LogP contribution in [0.3, 0.4) is 0 Å². The van der Waals surface area contributed by atoms with Crippen molar-refractivity contribution in [2.75, 3.05) is 6.54 Å². The van der Waals surface area contributed by atoms with E-state index in [1.165, 1.54) is 15.0 Å². The van der Waals surface area contributed by atoms with Crippen LogP contribution in [-0.4, -0.2) is 16.3 Å². The van der Waals surface area contributed by atoms with E-state index >= 15 is 0 Å². The largest absolute Gasteiger partial charge is 0.309 e. The SMILES string of the molecule is CC(NCCc1ccnn1C)c1sccc1Br. The zero-order valence-corrected chi connectivity index (χ0v) is 12.4. The Morgan fingerprint density at radius 1 is 1.53 bits per heavy atom. The quantitative estimate of drug-likeness (QED) is 0.919. The molecule has 3 nitrogen and oxygen atoms in total. The van der Waals surface area contributed by atoms with Crippen molar-refractivity contribution in [3.63, 3.8) is 0 Å². The molecule has 0 bridgehead atoms. The van der Waals surface area contributed by atoms with Gasteiger partial charge in [0.05, 0.1) is 0 Å². The van der Waals surface area contributed by atoms with Crippen molar-refractivity contribution in [3.8, 4) is 0 Å². The molecule has 1 atom stereocenters. The fourth-order valence-corrected chi connectivity index (χ4v) is 3.52. The smallest absolute Gasteiger partial charge is 0.0492 e. The van der Waals surface area contributed by atoms with Gasteiger partial charge in [0, 0.05) is 47.3 Å². The minimum Gasteiger partial charge on any atom is -0.309 e. The summed E-state index contributed by atoms with van der Waals surface area (Å²) in [6.45, 7) is 3.16. The van der Waals surface area contributed by atoms with Crippen LogP contribution in [0.4, 0.5) is 0 Å². The summed E-state index contributed by atoms with van der Waals surface area (Å²) in [6.07, 6.45) is 2.85. The van der Waals surface area contributed by atoms with Crippen LogP contribution >= 0.6 is 27.3 Å². The van der Waals surface area contributed by atoms with Gasteiger partial charge in [0.2, 0.25) is 0 Å². The number of aryl methyl sites for hydroxylation is 1. The fourth-order valence-electron chi connectivity index (χ4n) is 1.77. The Hall–Kier alpha value is -0.650. The number of aromatic nitrogens is 2. The normalized spacial score (nSPS) is 12.9. The van der Waals surface area contributed by atoms with Gasteiger partial charge in [-0.2, -0.15) is 5.10 Å². The van der Waals surface area contributed by atoms with E-state index in [4.69, 9.17) is 0 Å². The van der Waals surface area contributed by atoms with Crippen molar-refractivity contribution in [3.05, 3.63) is 38.8 Å². The lowest BCUT2D eigenvalue weighted by Gasteiger charge is -2.12. The van der Waals surface area contributed by atoms with E-state index in [0.717, 1.165) is 13.0 Å². The molecule has 92 valence electrons. The zero-order chi connectivity index (χ0) is 12.3. The molecule has 5 heteroatoms. The molecule has 0 radical (unpaired) electrons. The molecule has 0 spiro atoms. The first kappa shape index (κ1) is 12.8. The van der Waals surface area contributed by atoms with E-state index in [1.54, 1.807) is 11.3 Å². The first-order chi connectivity index (χ1) is 8.18. The van der Waals surface area contributed by atoms with Gasteiger partial charge in [0.25, 0.3) is 0 Å². The van der Waals surface area contributed by atoms with Gasteiger partial charge in [-0.15, -0.1) is 11.3 Å². The molecule has 0 saturated heterocycles. The van der Waals surface area contributed by atoms with E-state index in [1.807, 2.05) is 17.9 Å². The third-order valence-electron chi connectivity index (χ3n) is 2.79. The number of hydrogen-bond acceptors (Lipinski definition) is 3. The first-order valence-electron chi connectivity index (χ1n) is 5.61. The maximum absolute atomic E-state index is 4.16. The van der Waals surface area contributed by atoms with Gasteiger partial charge in [0.15, 0.2) is 0 Å². The number of nitrogens with one attached hydrogen (secondary N) is 1. The Morgan fingerprint density at radius 3 is 2.94 bits per heavy atom. The maximum atomic E-state index is 4.16. The summed E-state index contributed by atoms with van der Waals surface area (Å²) in [6, 6.07) is 4.55. The Labute approximate surface area is 114 Å². The van der Waals surface area contributed by atoms with Gasteiger partial charge >= 0.3 is 0 Å². The van der Waals surface area contributed by atoms with Crippen molar-refractivity contribution < 1.29 is 0 Å². The average molecular weight is 314 g/mol. The lowest BCUT2D eigenvalue weighted by molar-refractivity contribution is 0.569. The summed E-state index contributed by atoms with van der Waals surface area (Å²) in [5.74, 6) is 0. The van der Waals surface area contributed by atoms with Crippen molar-refractivity contribution in [1.29, 1.82) is 0 Å². The highest BCUT2D eigenvalue weighted by molar-refractivity contribution is 9.10. The topological polar surface area (TPSA) is 29.9 Å². The third kappa shape index (κ3) is 3.18.